The first-order valence-corrected chi connectivity index (χ1v) is 28.7. The fraction of sp³-hybridized carbons (Fsp3) is 0.698. The van der Waals surface area contributed by atoms with E-state index in [-0.39, 0.29) is 37.5 Å². The molecule has 0 spiro atoms. The topological polar surface area (TPSA) is 78.9 Å². The minimum atomic E-state index is -0.819. The molecule has 0 heterocycles. The van der Waals surface area contributed by atoms with Crippen molar-refractivity contribution in [1.82, 2.24) is 0 Å². The predicted molar refractivity (Wildman–Crippen MR) is 297 cm³/mol. The third kappa shape index (κ3) is 55.1. The molecule has 0 unspecified atom stereocenters. The van der Waals surface area contributed by atoms with Gasteiger partial charge in [-0.15, -0.1) is 0 Å². The molecule has 394 valence electrons. The molecule has 0 aromatic heterocycles. The van der Waals surface area contributed by atoms with Crippen LogP contribution < -0.4 is 0 Å². The average Bonchev–Trinajstić information content (AvgIpc) is 3.35. The number of hydrogen-bond acceptors (Lipinski definition) is 6. The van der Waals surface area contributed by atoms with Crippen molar-refractivity contribution in [1.29, 1.82) is 0 Å². The zero-order valence-corrected chi connectivity index (χ0v) is 45.0. The number of carbonyl (C=O) groups is 3. The Morgan fingerprint density at radius 1 is 0.290 bits per heavy atom. The summed E-state index contributed by atoms with van der Waals surface area (Å²) in [6.07, 6.45) is 75.4. The van der Waals surface area contributed by atoms with Gasteiger partial charge in [0, 0.05) is 19.3 Å². The maximum absolute atomic E-state index is 12.8. The SMILES string of the molecule is CCCCC/C=C/C/C=C/C/C=C/C/C=C/CCCCCC(=O)OC[C@@H](COC(=O)CCCCCCCCCCCCCCCCC)OC(=O)CCC/C=C/C/C=C/C/C=C/C/C=C/CCCCC. The van der Waals surface area contributed by atoms with Crippen molar-refractivity contribution >= 4 is 17.9 Å². The number of ether oxygens (including phenoxy) is 3. The van der Waals surface area contributed by atoms with Crippen LogP contribution in [0.5, 0.6) is 0 Å². The Hall–Kier alpha value is -3.67. The van der Waals surface area contributed by atoms with Gasteiger partial charge in [-0.25, -0.2) is 0 Å². The molecule has 0 aliphatic rings. The highest BCUT2D eigenvalue weighted by Crippen LogP contribution is 2.15. The van der Waals surface area contributed by atoms with Crippen molar-refractivity contribution in [2.75, 3.05) is 13.2 Å². The highest BCUT2D eigenvalue weighted by molar-refractivity contribution is 5.71. The van der Waals surface area contributed by atoms with Gasteiger partial charge in [-0.3, -0.25) is 14.4 Å². The monoisotopic (exact) mass is 959 g/mol. The van der Waals surface area contributed by atoms with Gasteiger partial charge in [0.15, 0.2) is 6.10 Å². The molecule has 69 heavy (non-hydrogen) atoms. The van der Waals surface area contributed by atoms with Crippen LogP contribution in [0.1, 0.15) is 265 Å². The summed E-state index contributed by atoms with van der Waals surface area (Å²) in [5.74, 6) is -0.993. The first-order chi connectivity index (χ1) is 34.0. The Morgan fingerprint density at radius 2 is 0.536 bits per heavy atom. The maximum Gasteiger partial charge on any atom is 0.306 e. The molecule has 0 saturated carbocycles. The van der Waals surface area contributed by atoms with Crippen molar-refractivity contribution in [3.05, 3.63) is 97.2 Å². The Morgan fingerprint density at radius 3 is 0.884 bits per heavy atom. The Labute approximate surface area is 426 Å². The van der Waals surface area contributed by atoms with Gasteiger partial charge in [0.1, 0.15) is 13.2 Å². The quantitative estimate of drug-likeness (QED) is 0.0262. The Kier molecular flexibility index (Phi) is 53.9. The van der Waals surface area contributed by atoms with E-state index in [0.29, 0.717) is 19.3 Å². The van der Waals surface area contributed by atoms with E-state index in [1.807, 2.05) is 0 Å². The first kappa shape index (κ1) is 65.3. The van der Waals surface area contributed by atoms with Crippen LogP contribution in [0.25, 0.3) is 0 Å². The molecule has 0 radical (unpaired) electrons. The summed E-state index contributed by atoms with van der Waals surface area (Å²) in [6.45, 7) is 6.52. The molecule has 0 saturated heterocycles. The minimum Gasteiger partial charge on any atom is -0.462 e. The van der Waals surface area contributed by atoms with Gasteiger partial charge in [-0.1, -0.05) is 240 Å². The van der Waals surface area contributed by atoms with Crippen LogP contribution in [0.15, 0.2) is 97.2 Å². The van der Waals surface area contributed by atoms with Gasteiger partial charge in [-0.2, -0.15) is 0 Å². The van der Waals surface area contributed by atoms with Gasteiger partial charge in [-0.05, 0) is 103 Å². The molecule has 0 rings (SSSR count). The van der Waals surface area contributed by atoms with E-state index in [0.717, 1.165) is 89.9 Å². The van der Waals surface area contributed by atoms with E-state index in [1.165, 1.54) is 128 Å². The van der Waals surface area contributed by atoms with E-state index in [4.69, 9.17) is 14.2 Å². The number of esters is 3. The Balaban J connectivity index is 4.53. The van der Waals surface area contributed by atoms with Gasteiger partial charge in [0.2, 0.25) is 0 Å². The fourth-order valence-corrected chi connectivity index (χ4v) is 7.71. The van der Waals surface area contributed by atoms with Gasteiger partial charge < -0.3 is 14.2 Å². The van der Waals surface area contributed by atoms with Crippen molar-refractivity contribution < 1.29 is 28.6 Å². The molecule has 0 aromatic carbocycles. The van der Waals surface area contributed by atoms with Crippen LogP contribution in [0.3, 0.4) is 0 Å². The molecule has 0 aliphatic carbocycles. The molecule has 0 aromatic rings. The number of unbranched alkanes of at least 4 members (excludes halogenated alkanes) is 24. The third-order valence-corrected chi connectivity index (χ3v) is 12.1. The summed E-state index contributed by atoms with van der Waals surface area (Å²) in [4.78, 5) is 38.1. The molecule has 0 amide bonds. The molecule has 0 fully saturated rings. The van der Waals surface area contributed by atoms with E-state index >= 15 is 0 Å². The number of hydrogen-bond donors (Lipinski definition) is 0. The predicted octanol–water partition coefficient (Wildman–Crippen LogP) is 19.3. The van der Waals surface area contributed by atoms with Gasteiger partial charge in [0.05, 0.1) is 0 Å². The van der Waals surface area contributed by atoms with Crippen LogP contribution in [-0.2, 0) is 28.6 Å². The largest absolute Gasteiger partial charge is 0.462 e. The van der Waals surface area contributed by atoms with Crippen LogP contribution >= 0.6 is 0 Å². The third-order valence-electron chi connectivity index (χ3n) is 12.1. The highest BCUT2D eigenvalue weighted by atomic mass is 16.6. The van der Waals surface area contributed by atoms with Crippen LogP contribution in [0, 0.1) is 0 Å². The summed E-state index contributed by atoms with van der Waals surface area (Å²) >= 11 is 0. The van der Waals surface area contributed by atoms with Gasteiger partial charge in [0.25, 0.3) is 0 Å². The zero-order chi connectivity index (χ0) is 50.0. The lowest BCUT2D eigenvalue weighted by atomic mass is 10.0. The fourth-order valence-electron chi connectivity index (χ4n) is 7.71. The zero-order valence-electron chi connectivity index (χ0n) is 45.0. The molecule has 6 nitrogen and oxygen atoms in total. The summed E-state index contributed by atoms with van der Waals surface area (Å²) in [6, 6.07) is 0. The van der Waals surface area contributed by atoms with E-state index < -0.39 is 6.10 Å². The first-order valence-electron chi connectivity index (χ1n) is 28.7. The normalized spacial score (nSPS) is 12.8. The minimum absolute atomic E-state index is 0.108. The van der Waals surface area contributed by atoms with Crippen molar-refractivity contribution in [3.8, 4) is 0 Å². The molecule has 0 bridgehead atoms. The molecular weight excluding hydrogens is 853 g/mol. The molecular formula is C63H106O6. The van der Waals surface area contributed by atoms with Crippen molar-refractivity contribution in [3.63, 3.8) is 0 Å². The Bertz CT molecular complexity index is 1380. The van der Waals surface area contributed by atoms with Crippen LogP contribution in [0.2, 0.25) is 0 Å². The average molecular weight is 960 g/mol. The standard InChI is InChI=1S/C63H106O6/c1-4-7-10-13-16-19-22-25-28-30-31-33-35-38-41-44-47-50-53-56-62(65)68-59-60(58-67-61(64)55-52-49-46-43-40-37-34-27-24-21-18-15-12-9-6-3)69-63(66)57-54-51-48-45-42-39-36-32-29-26-23-20-17-14-11-8-5-2/h16-17,19-20,25-26,28-29,31,33,36,38-39,41,45,48,60H,4-15,18,21-24,27,30,32,34-35,37,40,42-44,46-47,49-59H2,1-3H3/b19-16+,20-17+,28-25+,29-26+,33-31+,39-36+,41-38+,48-45+/t60-/m1/s1. The molecule has 0 N–H and O–H groups in total. The second-order valence-electron chi connectivity index (χ2n) is 18.8. The lowest BCUT2D eigenvalue weighted by molar-refractivity contribution is -0.167. The summed E-state index contributed by atoms with van der Waals surface area (Å²) in [5.41, 5.74) is 0. The number of allylic oxidation sites excluding steroid dienone is 16. The van der Waals surface area contributed by atoms with E-state index in [1.54, 1.807) is 0 Å². The molecule has 0 aliphatic heterocycles. The smallest absolute Gasteiger partial charge is 0.306 e. The van der Waals surface area contributed by atoms with Crippen molar-refractivity contribution in [2.24, 2.45) is 0 Å². The van der Waals surface area contributed by atoms with Crippen molar-refractivity contribution in [2.45, 2.75) is 271 Å². The molecule has 1 atom stereocenters. The van der Waals surface area contributed by atoms with Gasteiger partial charge >= 0.3 is 17.9 Å². The second-order valence-corrected chi connectivity index (χ2v) is 18.8. The highest BCUT2D eigenvalue weighted by Gasteiger charge is 2.19. The summed E-state index contributed by atoms with van der Waals surface area (Å²) in [5, 5.41) is 0. The number of carbonyl (C=O) groups excluding carboxylic acids is 3. The molecule has 6 heteroatoms. The lowest BCUT2D eigenvalue weighted by Crippen LogP contribution is -2.30. The lowest BCUT2D eigenvalue weighted by Gasteiger charge is -2.18. The second kappa shape index (κ2) is 56.9. The maximum atomic E-state index is 12.8. The number of rotatable bonds is 51. The summed E-state index contributed by atoms with van der Waals surface area (Å²) < 4.78 is 16.8. The van der Waals surface area contributed by atoms with E-state index in [2.05, 4.69) is 118 Å². The van der Waals surface area contributed by atoms with Crippen LogP contribution in [0.4, 0.5) is 0 Å². The summed E-state index contributed by atoms with van der Waals surface area (Å²) in [7, 11) is 0. The van der Waals surface area contributed by atoms with E-state index in [9.17, 15) is 14.4 Å². The van der Waals surface area contributed by atoms with Crippen LogP contribution in [-0.4, -0.2) is 37.2 Å².